The highest BCUT2D eigenvalue weighted by molar-refractivity contribution is 7.17. The predicted molar refractivity (Wildman–Crippen MR) is 69.2 cm³/mol. The van der Waals surface area contributed by atoms with Crippen LogP contribution in [0.4, 0.5) is 5.00 Å². The predicted octanol–water partition coefficient (Wildman–Crippen LogP) is 1.73. The molecule has 1 amide bonds. The molecule has 0 saturated heterocycles. The summed E-state index contributed by atoms with van der Waals surface area (Å²) in [5, 5.41) is 12.9. The molecule has 1 rings (SSSR count). The van der Waals surface area contributed by atoms with Gasteiger partial charge in [-0.1, -0.05) is 11.3 Å². The third kappa shape index (κ3) is 5.04. The van der Waals surface area contributed by atoms with E-state index in [1.807, 2.05) is 0 Å². The monoisotopic (exact) mass is 286 g/mol. The number of nitrogens with zero attached hydrogens (tertiary/aromatic N) is 1. The molecule has 0 bridgehead atoms. The molecule has 1 aromatic rings. The third-order valence-corrected chi connectivity index (χ3v) is 3.01. The lowest BCUT2D eigenvalue weighted by molar-refractivity contribution is -0.380. The standard InChI is InChI=1S/C11H14N2O5S/c1-7(2)18-10(14)5-6-12-11(15)8-3-4-9(19-8)13(16)17/h3-4,7H,5-6H2,1-2H3,(H,12,15). The van der Waals surface area contributed by atoms with E-state index in [9.17, 15) is 19.7 Å². The van der Waals surface area contributed by atoms with E-state index in [1.165, 1.54) is 12.1 Å². The van der Waals surface area contributed by atoms with Crippen molar-refractivity contribution in [2.45, 2.75) is 26.4 Å². The average molecular weight is 286 g/mol. The van der Waals surface area contributed by atoms with Gasteiger partial charge in [0, 0.05) is 12.6 Å². The molecule has 0 unspecified atom stereocenters. The van der Waals surface area contributed by atoms with E-state index in [2.05, 4.69) is 5.32 Å². The number of nitrogens with one attached hydrogen (secondary N) is 1. The second-order valence-electron chi connectivity index (χ2n) is 3.94. The van der Waals surface area contributed by atoms with Crippen molar-refractivity contribution in [1.29, 1.82) is 0 Å². The van der Waals surface area contributed by atoms with Gasteiger partial charge < -0.3 is 10.1 Å². The largest absolute Gasteiger partial charge is 0.463 e. The van der Waals surface area contributed by atoms with Crippen molar-refractivity contribution in [3.8, 4) is 0 Å². The summed E-state index contributed by atoms with van der Waals surface area (Å²) < 4.78 is 4.90. The topological polar surface area (TPSA) is 98.5 Å². The number of carbonyl (C=O) groups excluding carboxylic acids is 2. The van der Waals surface area contributed by atoms with Gasteiger partial charge in [0.2, 0.25) is 0 Å². The van der Waals surface area contributed by atoms with E-state index in [1.54, 1.807) is 13.8 Å². The van der Waals surface area contributed by atoms with Crippen molar-refractivity contribution in [3.63, 3.8) is 0 Å². The minimum Gasteiger partial charge on any atom is -0.463 e. The Morgan fingerprint density at radius 2 is 2.16 bits per heavy atom. The SMILES string of the molecule is CC(C)OC(=O)CCNC(=O)c1ccc([N+](=O)[O-])s1. The number of rotatable bonds is 6. The van der Waals surface area contributed by atoms with Crippen LogP contribution in [-0.4, -0.2) is 29.4 Å². The summed E-state index contributed by atoms with van der Waals surface area (Å²) >= 11 is 0.791. The maximum atomic E-state index is 11.6. The highest BCUT2D eigenvalue weighted by Gasteiger charge is 2.15. The Morgan fingerprint density at radius 1 is 1.47 bits per heavy atom. The van der Waals surface area contributed by atoms with Gasteiger partial charge in [0.25, 0.3) is 5.91 Å². The van der Waals surface area contributed by atoms with E-state index in [4.69, 9.17) is 4.74 Å². The maximum absolute atomic E-state index is 11.6. The maximum Gasteiger partial charge on any atom is 0.324 e. The van der Waals surface area contributed by atoms with Crippen LogP contribution >= 0.6 is 11.3 Å². The van der Waals surface area contributed by atoms with Gasteiger partial charge in [-0.25, -0.2) is 0 Å². The summed E-state index contributed by atoms with van der Waals surface area (Å²) in [5.74, 6) is -0.831. The molecule has 1 heterocycles. The van der Waals surface area contributed by atoms with Crippen LogP contribution in [0.15, 0.2) is 12.1 Å². The Bertz CT molecular complexity index is 483. The van der Waals surface area contributed by atoms with Crippen molar-refractivity contribution in [2.24, 2.45) is 0 Å². The molecule has 0 radical (unpaired) electrons. The number of esters is 1. The summed E-state index contributed by atoms with van der Waals surface area (Å²) in [6.45, 7) is 3.61. The molecule has 0 aliphatic carbocycles. The second-order valence-corrected chi connectivity index (χ2v) is 5.00. The smallest absolute Gasteiger partial charge is 0.324 e. The molecule has 7 nitrogen and oxygen atoms in total. The first-order valence-electron chi connectivity index (χ1n) is 5.62. The van der Waals surface area contributed by atoms with Crippen molar-refractivity contribution in [3.05, 3.63) is 27.1 Å². The molecule has 0 spiro atoms. The molecule has 0 atom stereocenters. The molecular formula is C11H14N2O5S. The molecule has 8 heteroatoms. The van der Waals surface area contributed by atoms with Crippen molar-refractivity contribution < 1.29 is 19.2 Å². The fraction of sp³-hybridized carbons (Fsp3) is 0.455. The number of hydrogen-bond donors (Lipinski definition) is 1. The van der Waals surface area contributed by atoms with Crippen LogP contribution < -0.4 is 5.32 Å². The van der Waals surface area contributed by atoms with Crippen LogP contribution in [0.1, 0.15) is 29.9 Å². The van der Waals surface area contributed by atoms with Crippen molar-refractivity contribution in [2.75, 3.05) is 6.54 Å². The van der Waals surface area contributed by atoms with E-state index < -0.39 is 16.8 Å². The molecule has 0 aromatic carbocycles. The molecule has 0 saturated carbocycles. The summed E-state index contributed by atoms with van der Waals surface area (Å²) in [4.78, 5) is 33.0. The molecule has 0 aliphatic rings. The van der Waals surface area contributed by atoms with Gasteiger partial charge in [-0.15, -0.1) is 0 Å². The van der Waals surface area contributed by atoms with E-state index in [-0.39, 0.29) is 28.9 Å². The lowest BCUT2D eigenvalue weighted by Crippen LogP contribution is -2.26. The van der Waals surface area contributed by atoms with Gasteiger partial charge in [-0.2, -0.15) is 0 Å². The van der Waals surface area contributed by atoms with Crippen molar-refractivity contribution >= 4 is 28.2 Å². The Morgan fingerprint density at radius 3 is 2.68 bits per heavy atom. The lowest BCUT2D eigenvalue weighted by Gasteiger charge is -2.07. The van der Waals surface area contributed by atoms with Gasteiger partial charge in [-0.05, 0) is 19.9 Å². The molecule has 0 fully saturated rings. The van der Waals surface area contributed by atoms with Gasteiger partial charge in [-0.3, -0.25) is 19.7 Å². The van der Waals surface area contributed by atoms with Crippen LogP contribution in [-0.2, 0) is 9.53 Å². The fourth-order valence-electron chi connectivity index (χ4n) is 1.23. The molecule has 1 aromatic heterocycles. The zero-order valence-corrected chi connectivity index (χ0v) is 11.4. The molecule has 104 valence electrons. The third-order valence-electron chi connectivity index (χ3n) is 1.98. The van der Waals surface area contributed by atoms with Crippen LogP contribution in [0.3, 0.4) is 0 Å². The number of ether oxygens (including phenoxy) is 1. The first-order chi connectivity index (χ1) is 8.90. The Hall–Kier alpha value is -1.96. The summed E-state index contributed by atoms with van der Waals surface area (Å²) in [7, 11) is 0. The molecule has 0 aliphatic heterocycles. The van der Waals surface area contributed by atoms with E-state index >= 15 is 0 Å². The quantitative estimate of drug-likeness (QED) is 0.488. The minimum absolute atomic E-state index is 0.0669. The number of carbonyl (C=O) groups is 2. The number of hydrogen-bond acceptors (Lipinski definition) is 6. The number of nitro groups is 1. The van der Waals surface area contributed by atoms with E-state index in [0.29, 0.717) is 0 Å². The van der Waals surface area contributed by atoms with Crippen molar-refractivity contribution in [1.82, 2.24) is 5.32 Å². The van der Waals surface area contributed by atoms with Gasteiger partial charge >= 0.3 is 11.0 Å². The van der Waals surface area contributed by atoms with Crippen LogP contribution in [0.5, 0.6) is 0 Å². The zero-order chi connectivity index (χ0) is 14.4. The Labute approximate surface area is 113 Å². The summed E-state index contributed by atoms with van der Waals surface area (Å²) in [6, 6.07) is 2.65. The second kappa shape index (κ2) is 6.83. The average Bonchev–Trinajstić information content (AvgIpc) is 2.76. The van der Waals surface area contributed by atoms with Gasteiger partial charge in [0.05, 0.1) is 22.3 Å². The first-order valence-corrected chi connectivity index (χ1v) is 6.43. The minimum atomic E-state index is -0.554. The van der Waals surface area contributed by atoms with Crippen LogP contribution in [0.25, 0.3) is 0 Å². The zero-order valence-electron chi connectivity index (χ0n) is 10.5. The van der Waals surface area contributed by atoms with Crippen LogP contribution in [0.2, 0.25) is 0 Å². The number of amides is 1. The lowest BCUT2D eigenvalue weighted by atomic mass is 10.4. The summed E-state index contributed by atoms with van der Waals surface area (Å²) in [5.41, 5.74) is 0. The highest BCUT2D eigenvalue weighted by atomic mass is 32.1. The molecule has 1 N–H and O–H groups in total. The van der Waals surface area contributed by atoms with Gasteiger partial charge in [0.15, 0.2) is 0 Å². The summed E-state index contributed by atoms with van der Waals surface area (Å²) in [6.07, 6.45) is -0.125. The number of thiophene rings is 1. The normalized spacial score (nSPS) is 10.3. The Kier molecular flexibility index (Phi) is 5.43. The van der Waals surface area contributed by atoms with Gasteiger partial charge in [0.1, 0.15) is 0 Å². The highest BCUT2D eigenvalue weighted by Crippen LogP contribution is 2.23. The van der Waals surface area contributed by atoms with E-state index in [0.717, 1.165) is 11.3 Å². The first kappa shape index (κ1) is 15.1. The molecular weight excluding hydrogens is 272 g/mol. The Balaban J connectivity index is 2.39. The molecule has 19 heavy (non-hydrogen) atoms. The van der Waals surface area contributed by atoms with Crippen LogP contribution in [0, 0.1) is 10.1 Å². The fourth-order valence-corrected chi connectivity index (χ4v) is 1.97.